The third-order valence-corrected chi connectivity index (χ3v) is 4.34. The molecule has 0 aliphatic heterocycles. The summed E-state index contributed by atoms with van der Waals surface area (Å²) in [5, 5.41) is -0.129. The van der Waals surface area contributed by atoms with Gasteiger partial charge in [-0.05, 0) is 18.1 Å². The molecule has 1 N–H and O–H groups in total. The van der Waals surface area contributed by atoms with E-state index in [1.165, 1.54) is 18.2 Å². The summed E-state index contributed by atoms with van der Waals surface area (Å²) in [6.07, 6.45) is 0. The second-order valence-corrected chi connectivity index (χ2v) is 6.23. The largest absolute Gasteiger partial charge is 0.281 e. The number of hydrogen-bond donors (Lipinski definition) is 1. The van der Waals surface area contributed by atoms with Crippen LogP contribution >= 0.6 is 23.2 Å². The second-order valence-electron chi connectivity index (χ2n) is 3.74. The molecule has 1 aromatic rings. The molecule has 1 atom stereocenters. The Kier molecular flexibility index (Phi) is 5.04. The van der Waals surface area contributed by atoms with Crippen molar-refractivity contribution in [2.75, 3.05) is 16.4 Å². The van der Waals surface area contributed by atoms with Gasteiger partial charge in [0.25, 0.3) is 0 Å². The Bertz CT molecular complexity index is 493. The average Bonchev–Trinajstić information content (AvgIpc) is 2.23. The molecule has 0 fully saturated rings. The van der Waals surface area contributed by atoms with Crippen LogP contribution in [0.4, 0.5) is 10.1 Å². The second kappa shape index (κ2) is 5.89. The predicted octanol–water partition coefficient (Wildman–Crippen LogP) is 3.10. The Morgan fingerprint density at radius 3 is 2.71 bits per heavy atom. The fraction of sp³-hybridized carbons (Fsp3) is 0.400. The molecule has 0 heterocycles. The summed E-state index contributed by atoms with van der Waals surface area (Å²) in [5.74, 6) is -0.936. The van der Waals surface area contributed by atoms with E-state index in [2.05, 4.69) is 4.72 Å². The van der Waals surface area contributed by atoms with Crippen molar-refractivity contribution >= 4 is 38.9 Å². The highest BCUT2D eigenvalue weighted by Gasteiger charge is 2.17. The maximum absolute atomic E-state index is 13.5. The van der Waals surface area contributed by atoms with Crippen LogP contribution in [0.25, 0.3) is 0 Å². The molecule has 0 aliphatic rings. The van der Waals surface area contributed by atoms with Crippen molar-refractivity contribution in [3.8, 4) is 0 Å². The Morgan fingerprint density at radius 2 is 2.12 bits per heavy atom. The third-order valence-electron chi connectivity index (χ3n) is 1.98. The van der Waals surface area contributed by atoms with Gasteiger partial charge in [0.2, 0.25) is 10.0 Å². The van der Waals surface area contributed by atoms with E-state index >= 15 is 0 Å². The summed E-state index contributed by atoms with van der Waals surface area (Å²) in [7, 11) is -3.62. The summed E-state index contributed by atoms with van der Waals surface area (Å²) >= 11 is 11.1. The molecule has 96 valence electrons. The summed E-state index contributed by atoms with van der Waals surface area (Å²) in [4.78, 5) is 0. The van der Waals surface area contributed by atoms with E-state index in [4.69, 9.17) is 23.2 Å². The third kappa shape index (κ3) is 4.33. The summed E-state index contributed by atoms with van der Waals surface area (Å²) in [6, 6.07) is 4.12. The molecule has 1 unspecified atom stereocenters. The van der Waals surface area contributed by atoms with Crippen molar-refractivity contribution in [3.63, 3.8) is 0 Å². The van der Waals surface area contributed by atoms with Crippen molar-refractivity contribution < 1.29 is 12.8 Å². The first-order valence-electron chi connectivity index (χ1n) is 4.86. The molecular weight excluding hydrogens is 288 g/mol. The number of halogens is 3. The van der Waals surface area contributed by atoms with Gasteiger partial charge in [-0.15, -0.1) is 11.6 Å². The molecule has 0 radical (unpaired) electrons. The quantitative estimate of drug-likeness (QED) is 0.849. The monoisotopic (exact) mass is 299 g/mol. The summed E-state index contributed by atoms with van der Waals surface area (Å²) in [5.41, 5.74) is -0.153. The van der Waals surface area contributed by atoms with Crippen molar-refractivity contribution in [1.82, 2.24) is 0 Å². The Labute approximate surface area is 110 Å². The Balaban J connectivity index is 2.87. The number of anilines is 1. The van der Waals surface area contributed by atoms with Crippen LogP contribution in [0.2, 0.25) is 5.02 Å². The van der Waals surface area contributed by atoms with Gasteiger partial charge in [-0.2, -0.15) is 0 Å². The van der Waals surface area contributed by atoms with Gasteiger partial charge in [-0.25, -0.2) is 12.8 Å². The normalized spacial score (nSPS) is 13.4. The lowest BCUT2D eigenvalue weighted by molar-refractivity contribution is 0.586. The SMILES string of the molecule is CC(CCl)CS(=O)(=O)Nc1cccc(Cl)c1F. The smallest absolute Gasteiger partial charge is 0.233 e. The fourth-order valence-corrected chi connectivity index (χ4v) is 3.07. The van der Waals surface area contributed by atoms with Gasteiger partial charge in [0.15, 0.2) is 5.82 Å². The van der Waals surface area contributed by atoms with E-state index in [1.807, 2.05) is 0 Å². The number of sulfonamides is 1. The number of nitrogens with one attached hydrogen (secondary N) is 1. The molecular formula is C10H12Cl2FNO2S. The first-order chi connectivity index (χ1) is 7.85. The lowest BCUT2D eigenvalue weighted by Crippen LogP contribution is -2.22. The lowest BCUT2D eigenvalue weighted by Gasteiger charge is -2.12. The molecule has 0 amide bonds. The minimum Gasteiger partial charge on any atom is -0.281 e. The van der Waals surface area contributed by atoms with Crippen LogP contribution in [0.15, 0.2) is 18.2 Å². The van der Waals surface area contributed by atoms with Gasteiger partial charge >= 0.3 is 0 Å². The van der Waals surface area contributed by atoms with Crippen molar-refractivity contribution in [2.45, 2.75) is 6.92 Å². The molecule has 17 heavy (non-hydrogen) atoms. The van der Waals surface area contributed by atoms with Crippen LogP contribution in [-0.4, -0.2) is 20.1 Å². The van der Waals surface area contributed by atoms with E-state index in [0.29, 0.717) is 0 Å². The van der Waals surface area contributed by atoms with Crippen molar-refractivity contribution in [3.05, 3.63) is 29.0 Å². The van der Waals surface area contributed by atoms with Gasteiger partial charge in [-0.3, -0.25) is 4.72 Å². The summed E-state index contributed by atoms with van der Waals surface area (Å²) in [6.45, 7) is 1.69. The Morgan fingerprint density at radius 1 is 1.47 bits per heavy atom. The molecule has 1 aromatic carbocycles. The molecule has 0 saturated carbocycles. The van der Waals surface area contributed by atoms with Gasteiger partial charge in [-0.1, -0.05) is 24.6 Å². The van der Waals surface area contributed by atoms with Crippen LogP contribution in [0, 0.1) is 11.7 Å². The van der Waals surface area contributed by atoms with Crippen LogP contribution in [0.1, 0.15) is 6.92 Å². The Hall–Kier alpha value is -0.520. The van der Waals surface area contributed by atoms with Crippen LogP contribution in [0.5, 0.6) is 0 Å². The topological polar surface area (TPSA) is 46.2 Å². The molecule has 3 nitrogen and oxygen atoms in total. The minimum atomic E-state index is -3.62. The minimum absolute atomic E-state index is 0.129. The van der Waals surface area contributed by atoms with Crippen LogP contribution in [0.3, 0.4) is 0 Å². The predicted molar refractivity (Wildman–Crippen MR) is 68.7 cm³/mol. The number of hydrogen-bond acceptors (Lipinski definition) is 2. The lowest BCUT2D eigenvalue weighted by atomic mass is 10.3. The van der Waals surface area contributed by atoms with Gasteiger partial charge in [0.05, 0.1) is 16.5 Å². The zero-order valence-electron chi connectivity index (χ0n) is 9.08. The molecule has 0 aromatic heterocycles. The van der Waals surface area contributed by atoms with Gasteiger partial charge in [0.1, 0.15) is 0 Å². The maximum atomic E-state index is 13.5. The van der Waals surface area contributed by atoms with Gasteiger partial charge in [0, 0.05) is 5.88 Å². The van der Waals surface area contributed by atoms with Gasteiger partial charge < -0.3 is 0 Å². The highest BCUT2D eigenvalue weighted by Crippen LogP contribution is 2.23. The summed E-state index contributed by atoms with van der Waals surface area (Å²) < 4.78 is 38.9. The van der Waals surface area contributed by atoms with E-state index in [1.54, 1.807) is 6.92 Å². The highest BCUT2D eigenvalue weighted by molar-refractivity contribution is 7.92. The zero-order valence-corrected chi connectivity index (χ0v) is 11.4. The maximum Gasteiger partial charge on any atom is 0.233 e. The first kappa shape index (κ1) is 14.5. The molecule has 7 heteroatoms. The molecule has 1 rings (SSSR count). The van der Waals surface area contributed by atoms with E-state index in [9.17, 15) is 12.8 Å². The first-order valence-corrected chi connectivity index (χ1v) is 7.42. The van der Waals surface area contributed by atoms with E-state index in [0.717, 1.165) is 0 Å². The molecule has 0 bridgehead atoms. The van der Waals surface area contributed by atoms with Crippen molar-refractivity contribution in [2.24, 2.45) is 5.92 Å². The molecule has 0 saturated heterocycles. The van der Waals surface area contributed by atoms with E-state index in [-0.39, 0.29) is 28.3 Å². The molecule has 0 spiro atoms. The number of alkyl halides is 1. The zero-order chi connectivity index (χ0) is 13.1. The van der Waals surface area contributed by atoms with E-state index < -0.39 is 15.8 Å². The number of rotatable bonds is 5. The highest BCUT2D eigenvalue weighted by atomic mass is 35.5. The standard InChI is InChI=1S/C10H12Cl2FNO2S/c1-7(5-11)6-17(15,16)14-9-4-2-3-8(12)10(9)13/h2-4,7,14H,5-6H2,1H3. The van der Waals surface area contributed by atoms with Crippen LogP contribution in [-0.2, 0) is 10.0 Å². The molecule has 0 aliphatic carbocycles. The van der Waals surface area contributed by atoms with Crippen LogP contribution < -0.4 is 4.72 Å². The average molecular weight is 300 g/mol. The number of benzene rings is 1. The van der Waals surface area contributed by atoms with Crippen molar-refractivity contribution in [1.29, 1.82) is 0 Å². The fourth-order valence-electron chi connectivity index (χ4n) is 1.21.